The van der Waals surface area contributed by atoms with Crippen LogP contribution < -0.4 is 5.56 Å². The van der Waals surface area contributed by atoms with Crippen LogP contribution >= 0.6 is 0 Å². The molecule has 0 bridgehead atoms. The van der Waals surface area contributed by atoms with E-state index < -0.39 is 0 Å². The minimum Gasteiger partial charge on any atom is -0.340 e. The Kier molecular flexibility index (Phi) is 4.61. The summed E-state index contributed by atoms with van der Waals surface area (Å²) in [6.07, 6.45) is 7.86. The van der Waals surface area contributed by atoms with Gasteiger partial charge in [0.15, 0.2) is 0 Å². The van der Waals surface area contributed by atoms with Gasteiger partial charge in [0.25, 0.3) is 5.56 Å². The minimum absolute atomic E-state index is 0.105. The second-order valence-electron chi connectivity index (χ2n) is 6.66. The number of hydrogen-bond donors (Lipinski definition) is 0. The molecule has 1 aliphatic rings. The molecule has 6 heteroatoms. The smallest absolute Gasteiger partial charge is 0.256 e. The van der Waals surface area contributed by atoms with E-state index in [9.17, 15) is 4.79 Å². The number of hydrogen-bond acceptors (Lipinski definition) is 4. The van der Waals surface area contributed by atoms with E-state index in [-0.39, 0.29) is 5.56 Å². The fourth-order valence-corrected chi connectivity index (χ4v) is 3.19. The average Bonchev–Trinajstić information content (AvgIpc) is 2.95. The molecule has 0 atom stereocenters. The normalized spacial score (nSPS) is 16.8. The number of imidazole rings is 1. The lowest BCUT2D eigenvalue weighted by Crippen LogP contribution is -2.36. The van der Waals surface area contributed by atoms with Gasteiger partial charge < -0.3 is 4.57 Å². The van der Waals surface area contributed by atoms with Gasteiger partial charge in [-0.2, -0.15) is 0 Å². The third-order valence-electron chi connectivity index (χ3n) is 4.82. The highest BCUT2D eigenvalue weighted by Gasteiger charge is 2.20. The van der Waals surface area contributed by atoms with E-state index in [0.717, 1.165) is 56.0 Å². The number of nitrogens with zero attached hydrogens (tertiary/aromatic N) is 5. The number of aromatic nitrogens is 4. The van der Waals surface area contributed by atoms with Gasteiger partial charge >= 0.3 is 0 Å². The molecule has 6 nitrogen and oxygen atoms in total. The predicted octanol–water partition coefficient (Wildman–Crippen LogP) is 1.51. The van der Waals surface area contributed by atoms with Gasteiger partial charge in [0.1, 0.15) is 0 Å². The van der Waals surface area contributed by atoms with E-state index in [2.05, 4.69) is 21.1 Å². The Morgan fingerprint density at radius 3 is 2.57 bits per heavy atom. The molecule has 124 valence electrons. The molecule has 0 radical (unpaired) electrons. The lowest BCUT2D eigenvalue weighted by Gasteiger charge is -2.31. The van der Waals surface area contributed by atoms with Crippen molar-refractivity contribution in [2.45, 2.75) is 39.8 Å². The van der Waals surface area contributed by atoms with Gasteiger partial charge in [-0.1, -0.05) is 0 Å². The third-order valence-corrected chi connectivity index (χ3v) is 4.82. The summed E-state index contributed by atoms with van der Waals surface area (Å²) >= 11 is 0. The van der Waals surface area contributed by atoms with Gasteiger partial charge in [-0.25, -0.2) is 9.97 Å². The average molecular weight is 315 g/mol. The first-order chi connectivity index (χ1) is 11.0. The van der Waals surface area contributed by atoms with Crippen LogP contribution in [0.25, 0.3) is 0 Å². The van der Waals surface area contributed by atoms with Crippen LogP contribution in [-0.4, -0.2) is 37.1 Å². The third kappa shape index (κ3) is 3.69. The maximum atomic E-state index is 12.3. The number of likely N-dealkylation sites (tertiary alicyclic amines) is 1. The maximum Gasteiger partial charge on any atom is 0.256 e. The van der Waals surface area contributed by atoms with Gasteiger partial charge in [0.2, 0.25) is 0 Å². The van der Waals surface area contributed by atoms with Crippen LogP contribution in [0.3, 0.4) is 0 Å². The molecule has 2 aromatic rings. The molecular formula is C17H25N5O. The zero-order valence-electron chi connectivity index (χ0n) is 14.2. The Bertz CT molecular complexity index is 725. The molecule has 0 aromatic carbocycles. The molecule has 2 aromatic heterocycles. The van der Waals surface area contributed by atoms with Crippen molar-refractivity contribution in [2.75, 3.05) is 13.1 Å². The zero-order chi connectivity index (χ0) is 16.4. The lowest BCUT2D eigenvalue weighted by molar-refractivity contribution is 0.165. The van der Waals surface area contributed by atoms with Crippen molar-refractivity contribution in [3.05, 3.63) is 46.2 Å². The maximum absolute atomic E-state index is 12.3. The highest BCUT2D eigenvalue weighted by Crippen LogP contribution is 2.20. The van der Waals surface area contributed by atoms with Gasteiger partial charge in [0.05, 0.1) is 18.3 Å². The largest absolute Gasteiger partial charge is 0.340 e. The Labute approximate surface area is 136 Å². The van der Waals surface area contributed by atoms with E-state index in [4.69, 9.17) is 0 Å². The highest BCUT2D eigenvalue weighted by atomic mass is 16.1. The van der Waals surface area contributed by atoms with Crippen LogP contribution in [0.4, 0.5) is 0 Å². The van der Waals surface area contributed by atoms with Crippen molar-refractivity contribution in [1.82, 2.24) is 24.0 Å². The van der Waals surface area contributed by atoms with Crippen molar-refractivity contribution in [3.8, 4) is 0 Å². The summed E-state index contributed by atoms with van der Waals surface area (Å²) in [6.45, 7) is 7.57. The SMILES string of the molecule is Cc1ncn(CC2CCN(Cc3cn(C)cn3)CC2)c(=O)c1C. The summed E-state index contributed by atoms with van der Waals surface area (Å²) in [6, 6.07) is 0. The summed E-state index contributed by atoms with van der Waals surface area (Å²) in [5, 5.41) is 0. The van der Waals surface area contributed by atoms with Crippen LogP contribution in [0.15, 0.2) is 23.6 Å². The lowest BCUT2D eigenvalue weighted by atomic mass is 9.96. The Hall–Kier alpha value is -1.95. The van der Waals surface area contributed by atoms with Crippen LogP contribution in [0.2, 0.25) is 0 Å². The second kappa shape index (κ2) is 6.66. The van der Waals surface area contributed by atoms with Crippen molar-refractivity contribution in [2.24, 2.45) is 13.0 Å². The van der Waals surface area contributed by atoms with Gasteiger partial charge in [-0.05, 0) is 45.7 Å². The van der Waals surface area contributed by atoms with E-state index >= 15 is 0 Å². The first-order valence-corrected chi connectivity index (χ1v) is 8.25. The fraction of sp³-hybridized carbons (Fsp3) is 0.588. The molecule has 1 saturated heterocycles. The van der Waals surface area contributed by atoms with Crippen molar-refractivity contribution < 1.29 is 0 Å². The number of aryl methyl sites for hydroxylation is 2. The first kappa shape index (κ1) is 15.9. The molecule has 0 spiro atoms. The summed E-state index contributed by atoms with van der Waals surface area (Å²) in [7, 11) is 2.00. The quantitative estimate of drug-likeness (QED) is 0.858. The van der Waals surface area contributed by atoms with Crippen molar-refractivity contribution in [3.63, 3.8) is 0 Å². The molecule has 0 aliphatic carbocycles. The summed E-state index contributed by atoms with van der Waals surface area (Å²) < 4.78 is 3.77. The van der Waals surface area contributed by atoms with Gasteiger partial charge in [0, 0.05) is 37.6 Å². The predicted molar refractivity (Wildman–Crippen MR) is 89.2 cm³/mol. The number of piperidine rings is 1. The molecule has 1 fully saturated rings. The molecule has 1 aliphatic heterocycles. The number of rotatable bonds is 4. The topological polar surface area (TPSA) is 56.0 Å². The molecule has 0 unspecified atom stereocenters. The van der Waals surface area contributed by atoms with E-state index in [1.54, 1.807) is 10.9 Å². The zero-order valence-corrected chi connectivity index (χ0v) is 14.2. The standard InChI is InChI=1S/C17H25N5O/c1-13-14(2)18-12-22(17(13)23)8-15-4-6-21(7-5-15)10-16-9-20(3)11-19-16/h9,11-12,15H,4-8,10H2,1-3H3. The van der Waals surface area contributed by atoms with Crippen molar-refractivity contribution in [1.29, 1.82) is 0 Å². The fourth-order valence-electron chi connectivity index (χ4n) is 3.19. The Morgan fingerprint density at radius 2 is 1.91 bits per heavy atom. The molecule has 3 rings (SSSR count). The molecular weight excluding hydrogens is 290 g/mol. The molecule has 0 N–H and O–H groups in total. The van der Waals surface area contributed by atoms with Gasteiger partial charge in [-0.3, -0.25) is 14.3 Å². The summed E-state index contributed by atoms with van der Waals surface area (Å²) in [5.41, 5.74) is 2.82. The molecule has 0 saturated carbocycles. The van der Waals surface area contributed by atoms with Crippen LogP contribution in [-0.2, 0) is 20.1 Å². The van der Waals surface area contributed by atoms with Crippen molar-refractivity contribution >= 4 is 0 Å². The van der Waals surface area contributed by atoms with E-state index in [1.807, 2.05) is 31.8 Å². The highest BCUT2D eigenvalue weighted by molar-refractivity contribution is 5.12. The minimum atomic E-state index is 0.105. The second-order valence-corrected chi connectivity index (χ2v) is 6.66. The Morgan fingerprint density at radius 1 is 1.17 bits per heavy atom. The van der Waals surface area contributed by atoms with Crippen LogP contribution in [0.5, 0.6) is 0 Å². The molecule has 3 heterocycles. The first-order valence-electron chi connectivity index (χ1n) is 8.25. The Balaban J connectivity index is 1.55. The van der Waals surface area contributed by atoms with Crippen LogP contribution in [0, 0.1) is 19.8 Å². The van der Waals surface area contributed by atoms with E-state index in [1.165, 1.54) is 0 Å². The summed E-state index contributed by atoms with van der Waals surface area (Å²) in [5.74, 6) is 0.552. The molecule has 0 amide bonds. The molecule has 23 heavy (non-hydrogen) atoms. The monoisotopic (exact) mass is 315 g/mol. The van der Waals surface area contributed by atoms with Gasteiger partial charge in [-0.15, -0.1) is 0 Å². The van der Waals surface area contributed by atoms with Crippen LogP contribution in [0.1, 0.15) is 29.8 Å². The summed E-state index contributed by atoms with van der Waals surface area (Å²) in [4.78, 5) is 23.4. The van der Waals surface area contributed by atoms with E-state index in [0.29, 0.717) is 5.92 Å².